The molecule has 0 aliphatic heterocycles. The highest BCUT2D eigenvalue weighted by Gasteiger charge is 2.19. The maximum atomic E-state index is 12.4. The maximum Gasteiger partial charge on any atom is 0.265 e. The summed E-state index contributed by atoms with van der Waals surface area (Å²) < 4.78 is 27.1. The van der Waals surface area contributed by atoms with Crippen molar-refractivity contribution in [2.45, 2.75) is 11.8 Å². The Labute approximate surface area is 123 Å². The Morgan fingerprint density at radius 1 is 1.29 bits per heavy atom. The van der Waals surface area contributed by atoms with Crippen molar-refractivity contribution in [1.82, 2.24) is 9.97 Å². The molecule has 0 spiro atoms. The first kappa shape index (κ1) is 15.0. The monoisotopic (exact) mass is 302 g/mol. The fourth-order valence-corrected chi connectivity index (χ4v) is 2.75. The topological polar surface area (TPSA) is 98.0 Å². The van der Waals surface area contributed by atoms with Crippen molar-refractivity contribution in [1.29, 1.82) is 0 Å². The molecule has 7 heteroatoms. The van der Waals surface area contributed by atoms with E-state index in [-0.39, 0.29) is 17.4 Å². The van der Waals surface area contributed by atoms with Gasteiger partial charge in [0.2, 0.25) is 5.95 Å². The van der Waals surface area contributed by atoms with E-state index in [1.165, 1.54) is 18.5 Å². The normalized spacial score (nSPS) is 10.6. The van der Waals surface area contributed by atoms with E-state index in [0.29, 0.717) is 5.56 Å². The molecule has 108 valence electrons. The fourth-order valence-electron chi connectivity index (χ4n) is 1.65. The van der Waals surface area contributed by atoms with Crippen molar-refractivity contribution < 1.29 is 8.42 Å². The molecule has 0 aliphatic rings. The number of nitrogens with zero attached hydrogens (tertiary/aromatic N) is 2. The van der Waals surface area contributed by atoms with E-state index in [1.54, 1.807) is 18.2 Å². The van der Waals surface area contributed by atoms with E-state index in [9.17, 15) is 8.42 Å². The number of sulfonamides is 1. The van der Waals surface area contributed by atoms with Gasteiger partial charge in [-0.1, -0.05) is 17.9 Å². The van der Waals surface area contributed by atoms with E-state index in [1.807, 2.05) is 6.92 Å². The molecule has 1 heterocycles. The van der Waals surface area contributed by atoms with Crippen molar-refractivity contribution in [2.24, 2.45) is 5.73 Å². The zero-order valence-corrected chi connectivity index (χ0v) is 12.2. The molecule has 21 heavy (non-hydrogen) atoms. The van der Waals surface area contributed by atoms with Crippen LogP contribution >= 0.6 is 0 Å². The Balaban J connectivity index is 2.45. The number of hydrogen-bond acceptors (Lipinski definition) is 5. The molecule has 2 aromatic rings. The van der Waals surface area contributed by atoms with Crippen LogP contribution < -0.4 is 10.5 Å². The Hall–Kier alpha value is -2.43. The summed E-state index contributed by atoms with van der Waals surface area (Å²) >= 11 is 0. The lowest BCUT2D eigenvalue weighted by atomic mass is 10.1. The molecule has 0 amide bonds. The third-order valence-corrected chi connectivity index (χ3v) is 3.93. The van der Waals surface area contributed by atoms with Gasteiger partial charge in [-0.25, -0.2) is 23.1 Å². The highest BCUT2D eigenvalue weighted by Crippen LogP contribution is 2.18. The van der Waals surface area contributed by atoms with Crippen LogP contribution in [0.1, 0.15) is 11.1 Å². The number of nitrogens with two attached hydrogens (primary N) is 1. The lowest BCUT2D eigenvalue weighted by molar-refractivity contribution is 0.600. The Bertz CT molecular complexity index is 793. The van der Waals surface area contributed by atoms with Crippen molar-refractivity contribution >= 4 is 16.0 Å². The SMILES string of the molecule is Cc1ccc(S(=O)(=O)Nc2ncccn2)c(C#CCN)c1. The number of aromatic nitrogens is 2. The second-order valence-corrected chi connectivity index (χ2v) is 5.83. The van der Waals surface area contributed by atoms with Crippen LogP contribution in [-0.4, -0.2) is 24.9 Å². The summed E-state index contributed by atoms with van der Waals surface area (Å²) in [5, 5.41) is 0. The van der Waals surface area contributed by atoms with Crippen LogP contribution in [0.25, 0.3) is 0 Å². The van der Waals surface area contributed by atoms with Crippen molar-refractivity contribution in [3.8, 4) is 11.8 Å². The summed E-state index contributed by atoms with van der Waals surface area (Å²) in [7, 11) is -3.81. The summed E-state index contributed by atoms with van der Waals surface area (Å²) in [5.41, 5.74) is 6.64. The molecule has 0 atom stereocenters. The molecule has 0 saturated heterocycles. The quantitative estimate of drug-likeness (QED) is 0.821. The number of benzene rings is 1. The van der Waals surface area contributed by atoms with Crippen molar-refractivity contribution in [2.75, 3.05) is 11.3 Å². The molecule has 0 unspecified atom stereocenters. The Kier molecular flexibility index (Phi) is 4.52. The molecule has 6 nitrogen and oxygen atoms in total. The summed E-state index contributed by atoms with van der Waals surface area (Å²) in [4.78, 5) is 7.75. The minimum atomic E-state index is -3.81. The number of hydrogen-bond donors (Lipinski definition) is 2. The third kappa shape index (κ3) is 3.78. The zero-order chi connectivity index (χ0) is 15.3. The van der Waals surface area contributed by atoms with Gasteiger partial charge in [-0.2, -0.15) is 0 Å². The average Bonchev–Trinajstić information content (AvgIpc) is 2.45. The molecule has 1 aromatic carbocycles. The van der Waals surface area contributed by atoms with E-state index in [4.69, 9.17) is 5.73 Å². The fraction of sp³-hybridized carbons (Fsp3) is 0.143. The largest absolute Gasteiger partial charge is 0.320 e. The molecule has 1 aromatic heterocycles. The van der Waals surface area contributed by atoms with Gasteiger partial charge in [0.15, 0.2) is 0 Å². The van der Waals surface area contributed by atoms with Crippen LogP contribution in [0.2, 0.25) is 0 Å². The Morgan fingerprint density at radius 2 is 2.00 bits per heavy atom. The van der Waals surface area contributed by atoms with E-state index in [0.717, 1.165) is 5.56 Å². The molecule has 0 fully saturated rings. The highest BCUT2D eigenvalue weighted by atomic mass is 32.2. The molecule has 0 aliphatic carbocycles. The molecule has 3 N–H and O–H groups in total. The van der Waals surface area contributed by atoms with Gasteiger partial charge in [0.05, 0.1) is 6.54 Å². The average molecular weight is 302 g/mol. The predicted molar refractivity (Wildman–Crippen MR) is 80.0 cm³/mol. The van der Waals surface area contributed by atoms with Crippen LogP contribution in [0, 0.1) is 18.8 Å². The van der Waals surface area contributed by atoms with Crippen molar-refractivity contribution in [3.05, 3.63) is 47.8 Å². The number of nitrogens with one attached hydrogen (secondary N) is 1. The third-order valence-electron chi connectivity index (χ3n) is 2.54. The zero-order valence-electron chi connectivity index (χ0n) is 11.4. The standard InChI is InChI=1S/C14H14N4O2S/c1-11-5-6-13(12(10-11)4-2-7-15)21(19,20)18-14-16-8-3-9-17-14/h3,5-6,8-10H,7,15H2,1H3,(H,16,17,18). The predicted octanol–water partition coefficient (Wildman–Crippen LogP) is 0.896. The number of rotatable bonds is 3. The van der Waals surface area contributed by atoms with Crippen molar-refractivity contribution in [3.63, 3.8) is 0 Å². The number of anilines is 1. The first-order chi connectivity index (χ1) is 10.0. The lowest BCUT2D eigenvalue weighted by Gasteiger charge is -2.09. The van der Waals surface area contributed by atoms with Gasteiger partial charge >= 0.3 is 0 Å². The van der Waals surface area contributed by atoms with Gasteiger partial charge < -0.3 is 5.73 Å². The summed E-state index contributed by atoms with van der Waals surface area (Å²) in [6, 6.07) is 6.50. The minimum Gasteiger partial charge on any atom is -0.320 e. The van der Waals surface area contributed by atoms with Crippen LogP contribution in [-0.2, 0) is 10.0 Å². The molecule has 0 saturated carbocycles. The van der Waals surface area contributed by atoms with Crippen LogP contribution in [0.5, 0.6) is 0 Å². The van der Waals surface area contributed by atoms with Gasteiger partial charge in [0.25, 0.3) is 10.0 Å². The molecule has 0 radical (unpaired) electrons. The summed E-state index contributed by atoms with van der Waals surface area (Å²) in [6.07, 6.45) is 2.91. The minimum absolute atomic E-state index is 0.0100. The first-order valence-electron chi connectivity index (χ1n) is 6.12. The lowest BCUT2D eigenvalue weighted by Crippen LogP contribution is -2.16. The van der Waals surface area contributed by atoms with Gasteiger partial charge in [0, 0.05) is 18.0 Å². The second kappa shape index (κ2) is 6.35. The summed E-state index contributed by atoms with van der Waals surface area (Å²) in [6.45, 7) is 2.01. The van der Waals surface area contributed by atoms with E-state index >= 15 is 0 Å². The van der Waals surface area contributed by atoms with Gasteiger partial charge in [0.1, 0.15) is 4.90 Å². The second-order valence-electron chi connectivity index (χ2n) is 4.18. The van der Waals surface area contributed by atoms with Crippen LogP contribution in [0.15, 0.2) is 41.6 Å². The number of aryl methyl sites for hydroxylation is 1. The van der Waals surface area contributed by atoms with Gasteiger partial charge in [-0.05, 0) is 30.7 Å². The van der Waals surface area contributed by atoms with E-state index in [2.05, 4.69) is 26.5 Å². The van der Waals surface area contributed by atoms with Crippen LogP contribution in [0.3, 0.4) is 0 Å². The Morgan fingerprint density at radius 3 is 2.67 bits per heavy atom. The molecule has 2 rings (SSSR count). The first-order valence-corrected chi connectivity index (χ1v) is 7.60. The van der Waals surface area contributed by atoms with Gasteiger partial charge in [-0.3, -0.25) is 0 Å². The van der Waals surface area contributed by atoms with E-state index < -0.39 is 10.0 Å². The van der Waals surface area contributed by atoms with Gasteiger partial charge in [-0.15, -0.1) is 0 Å². The molecule has 0 bridgehead atoms. The summed E-state index contributed by atoms with van der Waals surface area (Å²) in [5.74, 6) is 5.44. The molecular weight excluding hydrogens is 288 g/mol. The highest BCUT2D eigenvalue weighted by molar-refractivity contribution is 7.92. The van der Waals surface area contributed by atoms with Crippen LogP contribution in [0.4, 0.5) is 5.95 Å². The smallest absolute Gasteiger partial charge is 0.265 e. The maximum absolute atomic E-state index is 12.4. The molecular formula is C14H14N4O2S.